The monoisotopic (exact) mass is 484 g/mol. The summed E-state index contributed by atoms with van der Waals surface area (Å²) in [6.07, 6.45) is 0. The van der Waals surface area contributed by atoms with E-state index in [-0.39, 0.29) is 18.4 Å². The fraction of sp³-hybridized carbons (Fsp3) is 0.250. The van der Waals surface area contributed by atoms with Crippen molar-refractivity contribution in [2.75, 3.05) is 4.90 Å². The predicted molar refractivity (Wildman–Crippen MR) is 140 cm³/mol. The Hall–Kier alpha value is -3.71. The Morgan fingerprint density at radius 2 is 1.89 bits per heavy atom. The van der Waals surface area contributed by atoms with E-state index in [9.17, 15) is 9.59 Å². The number of rotatable bonds is 5. The van der Waals surface area contributed by atoms with E-state index in [1.807, 2.05) is 87.7 Å². The zero-order chi connectivity index (χ0) is 24.7. The Morgan fingerprint density at radius 1 is 1.06 bits per heavy atom. The van der Waals surface area contributed by atoms with Crippen LogP contribution in [0.1, 0.15) is 39.7 Å². The van der Waals surface area contributed by atoms with E-state index in [0.717, 1.165) is 32.8 Å². The molecule has 2 amide bonds. The molecule has 3 heterocycles. The Bertz CT molecular complexity index is 1420. The van der Waals surface area contributed by atoms with Gasteiger partial charge >= 0.3 is 0 Å². The lowest BCUT2D eigenvalue weighted by Gasteiger charge is -2.43. The van der Waals surface area contributed by atoms with E-state index in [0.29, 0.717) is 17.9 Å². The molecule has 1 unspecified atom stereocenters. The van der Waals surface area contributed by atoms with E-state index >= 15 is 0 Å². The molecule has 0 spiro atoms. The fourth-order valence-electron chi connectivity index (χ4n) is 4.59. The molecule has 5 rings (SSSR count). The molecule has 0 saturated heterocycles. The van der Waals surface area contributed by atoms with Gasteiger partial charge in [-0.1, -0.05) is 42.0 Å². The van der Waals surface area contributed by atoms with Crippen molar-refractivity contribution in [2.45, 2.75) is 46.3 Å². The van der Waals surface area contributed by atoms with Crippen molar-refractivity contribution in [3.05, 3.63) is 94.0 Å². The van der Waals surface area contributed by atoms with E-state index < -0.39 is 5.54 Å². The second kappa shape index (κ2) is 8.82. The summed E-state index contributed by atoms with van der Waals surface area (Å²) in [7, 11) is 0. The van der Waals surface area contributed by atoms with E-state index in [2.05, 4.69) is 11.4 Å². The quantitative estimate of drug-likeness (QED) is 0.420. The number of hydrogen-bond acceptors (Lipinski definition) is 4. The number of hydrogen-bond donors (Lipinski definition) is 1. The van der Waals surface area contributed by atoms with Crippen molar-refractivity contribution in [1.29, 1.82) is 0 Å². The average Bonchev–Trinajstić information content (AvgIpc) is 3.50. The highest BCUT2D eigenvalue weighted by Gasteiger charge is 2.49. The fourth-order valence-corrected chi connectivity index (χ4v) is 5.27. The number of carbonyl (C=O) groups excluding carboxylic acids is 2. The zero-order valence-corrected chi connectivity index (χ0v) is 21.1. The number of benzene rings is 2. The molecule has 1 N–H and O–H groups in total. The molecule has 1 aliphatic heterocycles. The Kier molecular flexibility index (Phi) is 5.81. The van der Waals surface area contributed by atoms with Crippen LogP contribution in [0.15, 0.2) is 66.0 Å². The van der Waals surface area contributed by atoms with Gasteiger partial charge in [-0.15, -0.1) is 11.3 Å². The molecule has 2 aromatic carbocycles. The Morgan fingerprint density at radius 3 is 2.60 bits per heavy atom. The second-order valence-electron chi connectivity index (χ2n) is 9.40. The van der Waals surface area contributed by atoms with Gasteiger partial charge in [0.15, 0.2) is 0 Å². The SMILES string of the molecule is Cc1cccc(CNC(=O)C2(C)Cn3nc(-c4cccs4)cc3C(=O)N2c2ccc(C)c(C)c2)c1. The van der Waals surface area contributed by atoms with Crippen LogP contribution in [-0.4, -0.2) is 27.1 Å². The number of amides is 2. The van der Waals surface area contributed by atoms with Crippen LogP contribution in [0.4, 0.5) is 5.69 Å². The van der Waals surface area contributed by atoms with Crippen molar-refractivity contribution in [3.8, 4) is 10.6 Å². The van der Waals surface area contributed by atoms with Gasteiger partial charge in [-0.3, -0.25) is 19.2 Å². The minimum absolute atomic E-state index is 0.218. The van der Waals surface area contributed by atoms with Gasteiger partial charge < -0.3 is 5.32 Å². The third-order valence-corrected chi connectivity index (χ3v) is 7.59. The lowest BCUT2D eigenvalue weighted by atomic mass is 9.93. The highest BCUT2D eigenvalue weighted by molar-refractivity contribution is 7.13. The topological polar surface area (TPSA) is 67.2 Å². The largest absolute Gasteiger partial charge is 0.350 e. The van der Waals surface area contributed by atoms with Gasteiger partial charge in [-0.2, -0.15) is 5.10 Å². The van der Waals surface area contributed by atoms with Crippen LogP contribution in [0, 0.1) is 20.8 Å². The van der Waals surface area contributed by atoms with Gasteiger partial charge in [0.05, 0.1) is 11.4 Å². The van der Waals surface area contributed by atoms with Crippen molar-refractivity contribution in [1.82, 2.24) is 15.1 Å². The van der Waals surface area contributed by atoms with Crippen LogP contribution in [0.3, 0.4) is 0 Å². The summed E-state index contributed by atoms with van der Waals surface area (Å²) in [5, 5.41) is 9.77. The summed E-state index contributed by atoms with van der Waals surface area (Å²) in [6.45, 7) is 8.54. The number of carbonyl (C=O) groups is 2. The van der Waals surface area contributed by atoms with Crippen LogP contribution in [0.25, 0.3) is 10.6 Å². The minimum Gasteiger partial charge on any atom is -0.350 e. The second-order valence-corrected chi connectivity index (χ2v) is 10.4. The molecular weight excluding hydrogens is 456 g/mol. The molecule has 1 aliphatic rings. The summed E-state index contributed by atoms with van der Waals surface area (Å²) >= 11 is 1.57. The third kappa shape index (κ3) is 4.17. The van der Waals surface area contributed by atoms with Crippen molar-refractivity contribution in [3.63, 3.8) is 0 Å². The molecule has 0 radical (unpaired) electrons. The van der Waals surface area contributed by atoms with Gasteiger partial charge in [0.2, 0.25) is 5.91 Å². The average molecular weight is 485 g/mol. The highest BCUT2D eigenvalue weighted by atomic mass is 32.1. The number of anilines is 1. The van der Waals surface area contributed by atoms with E-state index in [4.69, 9.17) is 5.10 Å². The minimum atomic E-state index is -1.16. The lowest BCUT2D eigenvalue weighted by Crippen LogP contribution is -2.64. The van der Waals surface area contributed by atoms with Crippen LogP contribution in [0.5, 0.6) is 0 Å². The molecule has 4 aromatic rings. The first-order chi connectivity index (χ1) is 16.8. The summed E-state index contributed by atoms with van der Waals surface area (Å²) in [4.78, 5) is 30.3. The van der Waals surface area contributed by atoms with Gasteiger partial charge in [0, 0.05) is 12.2 Å². The molecule has 0 saturated carbocycles. The molecule has 7 heteroatoms. The van der Waals surface area contributed by atoms with Crippen LogP contribution < -0.4 is 10.2 Å². The summed E-state index contributed by atoms with van der Waals surface area (Å²) in [6, 6.07) is 19.7. The summed E-state index contributed by atoms with van der Waals surface area (Å²) < 4.78 is 1.68. The van der Waals surface area contributed by atoms with Crippen molar-refractivity contribution in [2.24, 2.45) is 0 Å². The molecule has 0 aliphatic carbocycles. The Labute approximate surface area is 209 Å². The molecule has 0 bridgehead atoms. The highest BCUT2D eigenvalue weighted by Crippen LogP contribution is 2.35. The number of nitrogens with one attached hydrogen (secondary N) is 1. The molecular formula is C28H28N4O2S. The van der Waals surface area contributed by atoms with E-state index in [1.165, 1.54) is 0 Å². The van der Waals surface area contributed by atoms with Crippen LogP contribution in [0.2, 0.25) is 0 Å². The first-order valence-electron chi connectivity index (χ1n) is 11.6. The lowest BCUT2D eigenvalue weighted by molar-refractivity contribution is -0.126. The maximum absolute atomic E-state index is 13.9. The van der Waals surface area contributed by atoms with Crippen molar-refractivity contribution < 1.29 is 9.59 Å². The summed E-state index contributed by atoms with van der Waals surface area (Å²) in [5.74, 6) is -0.451. The molecule has 1 atom stereocenters. The molecule has 178 valence electrons. The standard InChI is InChI=1S/C28H28N4O2S/c1-18-7-5-8-21(13-18)16-29-27(34)28(4)17-31-24(15-23(30-31)25-9-6-12-35-25)26(33)32(28)22-11-10-19(2)20(3)14-22/h5-15H,16-17H2,1-4H3,(H,29,34). The third-order valence-electron chi connectivity index (χ3n) is 6.70. The molecule has 2 aromatic heterocycles. The van der Waals surface area contributed by atoms with Crippen LogP contribution >= 0.6 is 11.3 Å². The number of nitrogens with zero attached hydrogens (tertiary/aromatic N) is 3. The predicted octanol–water partition coefficient (Wildman–Crippen LogP) is 5.27. The van der Waals surface area contributed by atoms with Gasteiger partial charge in [0.25, 0.3) is 5.91 Å². The van der Waals surface area contributed by atoms with Crippen LogP contribution in [-0.2, 0) is 17.9 Å². The van der Waals surface area contributed by atoms with E-state index in [1.54, 1.807) is 20.9 Å². The number of fused-ring (bicyclic) bond motifs is 1. The normalized spacial score (nSPS) is 17.4. The number of aromatic nitrogens is 2. The van der Waals surface area contributed by atoms with Gasteiger partial charge in [-0.25, -0.2) is 0 Å². The van der Waals surface area contributed by atoms with Gasteiger partial charge in [0.1, 0.15) is 16.9 Å². The number of aryl methyl sites for hydroxylation is 3. The molecule has 6 nitrogen and oxygen atoms in total. The Balaban J connectivity index is 1.55. The first-order valence-corrected chi connectivity index (χ1v) is 12.5. The molecule has 35 heavy (non-hydrogen) atoms. The maximum Gasteiger partial charge on any atom is 0.277 e. The smallest absolute Gasteiger partial charge is 0.277 e. The maximum atomic E-state index is 13.9. The molecule has 0 fully saturated rings. The van der Waals surface area contributed by atoms with Crippen molar-refractivity contribution >= 4 is 28.8 Å². The first kappa shape index (κ1) is 23.1. The summed E-state index contributed by atoms with van der Waals surface area (Å²) in [5.41, 5.74) is 5.12. The zero-order valence-electron chi connectivity index (χ0n) is 20.3. The van der Waals surface area contributed by atoms with Gasteiger partial charge in [-0.05, 0) is 74.0 Å². The number of thiophene rings is 1.